The summed E-state index contributed by atoms with van der Waals surface area (Å²) in [4.78, 5) is 8.76. The predicted octanol–water partition coefficient (Wildman–Crippen LogP) is 3.93. The first-order valence-electron chi connectivity index (χ1n) is 7.76. The van der Waals surface area contributed by atoms with Gasteiger partial charge in [0.2, 0.25) is 6.20 Å². The van der Waals surface area contributed by atoms with E-state index in [1.807, 2.05) is 6.92 Å². The maximum atomic E-state index is 13.3. The van der Waals surface area contributed by atoms with Crippen molar-refractivity contribution in [3.8, 4) is 11.4 Å². The number of imidazole rings is 1. The van der Waals surface area contributed by atoms with Crippen molar-refractivity contribution in [3.63, 3.8) is 0 Å². The normalized spacial score (nSPS) is 12.7. The van der Waals surface area contributed by atoms with E-state index >= 15 is 0 Å². The Kier molecular flexibility index (Phi) is 4.98. The summed E-state index contributed by atoms with van der Waals surface area (Å²) in [6.07, 6.45) is -2.17. The van der Waals surface area contributed by atoms with E-state index < -0.39 is 18.6 Å². The molecule has 5 nitrogen and oxygen atoms in total. The quantitative estimate of drug-likeness (QED) is 0.303. The van der Waals surface area contributed by atoms with Gasteiger partial charge in [0.15, 0.2) is 0 Å². The number of thioether (sulfide) groups is 1. The van der Waals surface area contributed by atoms with Crippen molar-refractivity contribution >= 4 is 22.8 Å². The maximum absolute atomic E-state index is 13.3. The summed E-state index contributed by atoms with van der Waals surface area (Å²) in [5, 5.41) is 10.1. The molecule has 3 heterocycles. The molecule has 1 N–H and O–H groups in total. The van der Waals surface area contributed by atoms with E-state index in [1.54, 1.807) is 12.1 Å². The summed E-state index contributed by atoms with van der Waals surface area (Å²) in [5.74, 6) is -4.15. The van der Waals surface area contributed by atoms with E-state index in [4.69, 9.17) is 0 Å². The molecule has 0 fully saturated rings. The second kappa shape index (κ2) is 6.95. The van der Waals surface area contributed by atoms with Crippen LogP contribution in [-0.4, -0.2) is 37.6 Å². The summed E-state index contributed by atoms with van der Waals surface area (Å²) < 4.78 is 65.6. The molecular formula is C16H14F5N4OS+. The average molecular weight is 405 g/mol. The average Bonchev–Trinajstić information content (AvgIpc) is 2.96. The van der Waals surface area contributed by atoms with Gasteiger partial charge in [-0.1, -0.05) is 6.92 Å². The fourth-order valence-electron chi connectivity index (χ4n) is 2.51. The van der Waals surface area contributed by atoms with Crippen molar-refractivity contribution in [1.29, 1.82) is 0 Å². The number of halogens is 5. The Labute approximate surface area is 154 Å². The molecule has 0 aliphatic heterocycles. The lowest BCUT2D eigenvalue weighted by Crippen LogP contribution is -2.40. The van der Waals surface area contributed by atoms with Gasteiger partial charge in [0.25, 0.3) is 5.69 Å². The Morgan fingerprint density at radius 2 is 1.96 bits per heavy atom. The fraction of sp³-hybridized carbons (Fsp3) is 0.312. The van der Waals surface area contributed by atoms with Crippen LogP contribution in [0.3, 0.4) is 0 Å². The lowest BCUT2D eigenvalue weighted by Gasteiger charge is -2.20. The van der Waals surface area contributed by atoms with E-state index in [9.17, 15) is 27.2 Å². The zero-order chi connectivity index (χ0) is 19.8. The van der Waals surface area contributed by atoms with Gasteiger partial charge in [0, 0.05) is 10.8 Å². The minimum atomic E-state index is -5.66. The molecule has 0 spiro atoms. The molecule has 0 aliphatic rings. The van der Waals surface area contributed by atoms with Gasteiger partial charge in [-0.2, -0.15) is 22.0 Å². The van der Waals surface area contributed by atoms with Gasteiger partial charge in [0.1, 0.15) is 5.69 Å². The third-order valence-electron chi connectivity index (χ3n) is 3.77. The predicted molar refractivity (Wildman–Crippen MR) is 87.7 cm³/mol. The molecule has 3 aromatic rings. The standard InChI is InChI=1S/C16H14F5N4OS/c1-2-27-13-4-3-5-25(26)14(13)11-6-10-12(7-22-11)24(9-23-10)8-15(17,18)16(19,20)21/h3-7,9,26H,2,8H2,1H3/q+1. The fourth-order valence-corrected chi connectivity index (χ4v) is 3.33. The van der Waals surface area contributed by atoms with E-state index in [1.165, 1.54) is 24.0 Å². The van der Waals surface area contributed by atoms with Crippen LogP contribution in [0, 0.1) is 0 Å². The number of nitrogens with zero attached hydrogens (tertiary/aromatic N) is 4. The van der Waals surface area contributed by atoms with Crippen LogP contribution < -0.4 is 4.73 Å². The Bertz CT molecular complexity index is 973. The topological polar surface area (TPSA) is 54.8 Å². The number of fused-ring (bicyclic) bond motifs is 1. The van der Waals surface area contributed by atoms with Gasteiger partial charge >= 0.3 is 12.1 Å². The number of alkyl halides is 5. The molecule has 0 aromatic carbocycles. The van der Waals surface area contributed by atoms with Gasteiger partial charge < -0.3 is 4.57 Å². The van der Waals surface area contributed by atoms with Gasteiger partial charge in [0.05, 0.1) is 35.0 Å². The first-order valence-corrected chi connectivity index (χ1v) is 8.75. The maximum Gasteiger partial charge on any atom is 0.455 e. The largest absolute Gasteiger partial charge is 0.455 e. The zero-order valence-electron chi connectivity index (χ0n) is 13.9. The molecule has 0 radical (unpaired) electrons. The third-order valence-corrected chi connectivity index (χ3v) is 4.70. The number of hydrogen-bond acceptors (Lipinski definition) is 4. The van der Waals surface area contributed by atoms with E-state index in [0.717, 1.165) is 27.9 Å². The van der Waals surface area contributed by atoms with Crippen molar-refractivity contribution in [1.82, 2.24) is 14.5 Å². The lowest BCUT2D eigenvalue weighted by atomic mass is 10.2. The molecule has 3 rings (SSSR count). The minimum absolute atomic E-state index is 0.0350. The van der Waals surface area contributed by atoms with Crippen LogP contribution in [0.5, 0.6) is 0 Å². The Hall–Kier alpha value is -2.43. The molecule has 0 bridgehead atoms. The zero-order valence-corrected chi connectivity index (χ0v) is 14.7. The lowest BCUT2D eigenvalue weighted by molar-refractivity contribution is -0.897. The van der Waals surface area contributed by atoms with Gasteiger partial charge in [-0.05, 0) is 17.9 Å². The Morgan fingerprint density at radius 1 is 1.22 bits per heavy atom. The SMILES string of the molecule is CCSc1ccc[n+](O)c1-c1cc2ncn(CC(F)(F)C(F)(F)F)c2cn1. The highest BCUT2D eigenvalue weighted by Gasteiger charge is 2.57. The summed E-state index contributed by atoms with van der Waals surface area (Å²) in [5.41, 5.74) is 0.915. The second-order valence-corrected chi connectivity index (χ2v) is 6.94. The molecule has 3 aromatic heterocycles. The van der Waals surface area contributed by atoms with Gasteiger partial charge in [-0.15, -0.1) is 11.8 Å². The van der Waals surface area contributed by atoms with E-state index in [0.29, 0.717) is 16.0 Å². The van der Waals surface area contributed by atoms with Crippen molar-refractivity contribution < 1.29 is 31.9 Å². The van der Waals surface area contributed by atoms with Crippen molar-refractivity contribution in [2.24, 2.45) is 0 Å². The number of aromatic nitrogens is 4. The molecule has 0 aliphatic carbocycles. The Morgan fingerprint density at radius 3 is 2.63 bits per heavy atom. The molecule has 0 saturated carbocycles. The summed E-state index contributed by atoms with van der Waals surface area (Å²) in [6.45, 7) is 0.346. The van der Waals surface area contributed by atoms with Crippen molar-refractivity contribution in [3.05, 3.63) is 36.9 Å². The third kappa shape index (κ3) is 3.68. The molecule has 0 atom stereocenters. The molecule has 11 heteroatoms. The van der Waals surface area contributed by atoms with Gasteiger partial charge in [-0.25, -0.2) is 9.97 Å². The smallest absolute Gasteiger partial charge is 0.323 e. The van der Waals surface area contributed by atoms with Crippen LogP contribution in [0.2, 0.25) is 0 Å². The number of hydrogen-bond donors (Lipinski definition) is 1. The first-order chi connectivity index (χ1) is 12.6. The molecular weight excluding hydrogens is 391 g/mol. The van der Waals surface area contributed by atoms with Crippen LogP contribution >= 0.6 is 11.8 Å². The molecule has 144 valence electrons. The van der Waals surface area contributed by atoms with Crippen LogP contribution in [0.1, 0.15) is 6.92 Å². The van der Waals surface area contributed by atoms with E-state index in [2.05, 4.69) is 9.97 Å². The Balaban J connectivity index is 2.03. The van der Waals surface area contributed by atoms with Crippen LogP contribution in [0.25, 0.3) is 22.4 Å². The summed E-state index contributed by atoms with van der Waals surface area (Å²) >= 11 is 1.46. The highest BCUT2D eigenvalue weighted by molar-refractivity contribution is 7.99. The highest BCUT2D eigenvalue weighted by atomic mass is 32.2. The highest BCUT2D eigenvalue weighted by Crippen LogP contribution is 2.37. The van der Waals surface area contributed by atoms with E-state index in [-0.39, 0.29) is 11.0 Å². The van der Waals surface area contributed by atoms with Crippen molar-refractivity contribution in [2.75, 3.05) is 5.75 Å². The molecule has 0 unspecified atom stereocenters. The minimum Gasteiger partial charge on any atom is -0.323 e. The van der Waals surface area contributed by atoms with Gasteiger partial charge in [-0.3, -0.25) is 5.21 Å². The second-order valence-electron chi connectivity index (χ2n) is 5.63. The number of pyridine rings is 2. The molecule has 27 heavy (non-hydrogen) atoms. The van der Waals surface area contributed by atoms with Crippen molar-refractivity contribution in [2.45, 2.75) is 30.5 Å². The van der Waals surface area contributed by atoms with Crippen LogP contribution in [-0.2, 0) is 6.54 Å². The van der Waals surface area contributed by atoms with Crippen LogP contribution in [0.15, 0.2) is 41.8 Å². The molecule has 0 amide bonds. The number of rotatable bonds is 5. The molecule has 0 saturated heterocycles. The first kappa shape index (κ1) is 19.3. The van der Waals surface area contributed by atoms with Crippen LogP contribution in [0.4, 0.5) is 22.0 Å². The summed E-state index contributed by atoms with van der Waals surface area (Å²) in [6, 6.07) is 4.86. The summed E-state index contributed by atoms with van der Waals surface area (Å²) in [7, 11) is 0. The monoisotopic (exact) mass is 405 g/mol.